The number of rotatable bonds is 6. The normalized spacial score (nSPS) is 19.0. The highest BCUT2D eigenvalue weighted by Crippen LogP contribution is 2.42. The first-order valence-corrected chi connectivity index (χ1v) is 6.45. The fraction of sp³-hybridized carbons (Fsp3) is 0.600. The lowest BCUT2D eigenvalue weighted by molar-refractivity contribution is 0.0731. The molecular weight excluding hydrogens is 212 g/mol. The van der Waals surface area contributed by atoms with Gasteiger partial charge < -0.3 is 9.84 Å². The maximum Gasteiger partial charge on any atom is 0.0684 e. The second-order valence-electron chi connectivity index (χ2n) is 5.26. The van der Waals surface area contributed by atoms with Gasteiger partial charge in [-0.15, -0.1) is 0 Å². The van der Waals surface area contributed by atoms with Gasteiger partial charge in [-0.3, -0.25) is 0 Å². The van der Waals surface area contributed by atoms with E-state index in [9.17, 15) is 5.11 Å². The van der Waals surface area contributed by atoms with Gasteiger partial charge in [0.1, 0.15) is 0 Å². The zero-order chi connectivity index (χ0) is 12.3. The van der Waals surface area contributed by atoms with Gasteiger partial charge in [0.2, 0.25) is 0 Å². The summed E-state index contributed by atoms with van der Waals surface area (Å²) in [6.45, 7) is 1.82. The van der Waals surface area contributed by atoms with E-state index in [4.69, 9.17) is 4.74 Å². The number of hydrogen-bond donors (Lipinski definition) is 1. The minimum absolute atomic E-state index is 0.193. The van der Waals surface area contributed by atoms with E-state index in [-0.39, 0.29) is 11.7 Å². The van der Waals surface area contributed by atoms with Crippen LogP contribution in [0.15, 0.2) is 24.3 Å². The van der Waals surface area contributed by atoms with Crippen LogP contribution in [0.3, 0.4) is 0 Å². The van der Waals surface area contributed by atoms with Crippen molar-refractivity contribution in [2.75, 3.05) is 7.11 Å². The van der Waals surface area contributed by atoms with Crippen molar-refractivity contribution >= 4 is 0 Å². The molecule has 1 aromatic rings. The molecule has 0 saturated heterocycles. The van der Waals surface area contributed by atoms with E-state index in [2.05, 4.69) is 24.3 Å². The Morgan fingerprint density at radius 3 is 2.29 bits per heavy atom. The van der Waals surface area contributed by atoms with E-state index >= 15 is 0 Å². The lowest BCUT2D eigenvalue weighted by Crippen LogP contribution is -2.12. The molecule has 0 aliphatic heterocycles. The first-order chi connectivity index (χ1) is 8.13. The van der Waals surface area contributed by atoms with Crippen molar-refractivity contribution in [3.05, 3.63) is 35.4 Å². The topological polar surface area (TPSA) is 29.5 Å². The summed E-state index contributed by atoms with van der Waals surface area (Å²) in [4.78, 5) is 0. The molecule has 0 amide bonds. The summed E-state index contributed by atoms with van der Waals surface area (Å²) in [5.74, 6) is 0. The monoisotopic (exact) mass is 234 g/mol. The molecule has 0 radical (unpaired) electrons. The molecular formula is C15H22O2. The Morgan fingerprint density at radius 1 is 1.24 bits per heavy atom. The summed E-state index contributed by atoms with van der Waals surface area (Å²) in [5, 5.41) is 9.31. The van der Waals surface area contributed by atoms with Gasteiger partial charge >= 0.3 is 0 Å². The van der Waals surface area contributed by atoms with Crippen LogP contribution in [0.1, 0.15) is 37.3 Å². The molecule has 0 heterocycles. The van der Waals surface area contributed by atoms with Crippen molar-refractivity contribution in [1.29, 1.82) is 0 Å². The van der Waals surface area contributed by atoms with E-state index in [1.165, 1.54) is 24.0 Å². The summed E-state index contributed by atoms with van der Waals surface area (Å²) in [7, 11) is 1.82. The number of aliphatic hydroxyl groups excluding tert-OH is 1. The summed E-state index contributed by atoms with van der Waals surface area (Å²) in [6.07, 6.45) is 5.11. The summed E-state index contributed by atoms with van der Waals surface area (Å²) in [5.41, 5.74) is 2.76. The number of aryl methyl sites for hydroxylation is 1. The largest absolute Gasteiger partial charge is 0.393 e. The first-order valence-electron chi connectivity index (χ1n) is 6.45. The molecule has 2 heteroatoms. The van der Waals surface area contributed by atoms with Crippen LogP contribution in [-0.4, -0.2) is 23.9 Å². The second-order valence-corrected chi connectivity index (χ2v) is 5.26. The van der Waals surface area contributed by atoms with Crippen molar-refractivity contribution < 1.29 is 9.84 Å². The molecule has 1 saturated carbocycles. The Balaban J connectivity index is 1.85. The van der Waals surface area contributed by atoms with Crippen LogP contribution < -0.4 is 0 Å². The molecule has 1 atom stereocenters. The van der Waals surface area contributed by atoms with Crippen molar-refractivity contribution in [3.8, 4) is 0 Å². The Morgan fingerprint density at radius 2 is 1.82 bits per heavy atom. The van der Waals surface area contributed by atoms with E-state index in [0.717, 1.165) is 19.3 Å². The van der Waals surface area contributed by atoms with Crippen LogP contribution in [-0.2, 0) is 17.6 Å². The fourth-order valence-corrected chi connectivity index (χ4v) is 2.25. The third kappa shape index (κ3) is 3.55. The Kier molecular flexibility index (Phi) is 3.85. The Hall–Kier alpha value is -0.860. The van der Waals surface area contributed by atoms with Crippen LogP contribution in [0.5, 0.6) is 0 Å². The van der Waals surface area contributed by atoms with Gasteiger partial charge in [-0.1, -0.05) is 24.3 Å². The van der Waals surface area contributed by atoms with Crippen molar-refractivity contribution in [1.82, 2.24) is 0 Å². The fourth-order valence-electron chi connectivity index (χ4n) is 2.25. The smallest absolute Gasteiger partial charge is 0.0684 e. The average Bonchev–Trinajstić information content (AvgIpc) is 3.08. The number of hydrogen-bond acceptors (Lipinski definition) is 2. The molecule has 17 heavy (non-hydrogen) atoms. The van der Waals surface area contributed by atoms with Crippen molar-refractivity contribution in [2.45, 2.75) is 50.7 Å². The van der Waals surface area contributed by atoms with E-state index in [0.29, 0.717) is 0 Å². The van der Waals surface area contributed by atoms with Crippen LogP contribution in [0, 0.1) is 0 Å². The first kappa shape index (κ1) is 12.6. The molecule has 0 spiro atoms. The minimum Gasteiger partial charge on any atom is -0.393 e. The molecule has 94 valence electrons. The predicted octanol–water partition coefficient (Wildman–Crippen LogP) is 2.72. The highest BCUT2D eigenvalue weighted by molar-refractivity contribution is 5.23. The van der Waals surface area contributed by atoms with Crippen LogP contribution >= 0.6 is 0 Å². The van der Waals surface area contributed by atoms with Gasteiger partial charge in [0.15, 0.2) is 0 Å². The molecule has 1 aliphatic rings. The van der Waals surface area contributed by atoms with E-state index < -0.39 is 0 Å². The summed E-state index contributed by atoms with van der Waals surface area (Å²) in [6, 6.07) is 8.58. The van der Waals surface area contributed by atoms with Gasteiger partial charge in [0.25, 0.3) is 0 Å². The van der Waals surface area contributed by atoms with Crippen LogP contribution in [0.4, 0.5) is 0 Å². The zero-order valence-corrected chi connectivity index (χ0v) is 10.8. The maximum atomic E-state index is 9.31. The molecule has 1 aliphatic carbocycles. The molecule has 1 unspecified atom stereocenters. The van der Waals surface area contributed by atoms with Crippen molar-refractivity contribution in [3.63, 3.8) is 0 Å². The zero-order valence-electron chi connectivity index (χ0n) is 10.8. The highest BCUT2D eigenvalue weighted by atomic mass is 16.5. The molecule has 1 fully saturated rings. The number of methoxy groups -OCH3 is 1. The summed E-state index contributed by atoms with van der Waals surface area (Å²) >= 11 is 0. The van der Waals surface area contributed by atoms with Crippen molar-refractivity contribution in [2.24, 2.45) is 0 Å². The van der Waals surface area contributed by atoms with E-state index in [1.54, 1.807) is 0 Å². The minimum atomic E-state index is -0.260. The quantitative estimate of drug-likeness (QED) is 0.820. The van der Waals surface area contributed by atoms with Gasteiger partial charge in [-0.05, 0) is 50.2 Å². The lowest BCUT2D eigenvalue weighted by Gasteiger charge is -2.13. The van der Waals surface area contributed by atoms with Crippen LogP contribution in [0.25, 0.3) is 0 Å². The van der Waals surface area contributed by atoms with Crippen LogP contribution in [0.2, 0.25) is 0 Å². The number of benzene rings is 1. The third-order valence-corrected chi connectivity index (χ3v) is 3.66. The average molecular weight is 234 g/mol. The standard InChI is InChI=1S/C15H22O2/c1-12(16)11-14-5-3-13(4-6-14)7-8-15(17-2)9-10-15/h3-6,12,16H,7-11H2,1-2H3. The molecule has 1 N–H and O–H groups in total. The maximum absolute atomic E-state index is 9.31. The van der Waals surface area contributed by atoms with Gasteiger partial charge in [0.05, 0.1) is 11.7 Å². The predicted molar refractivity (Wildman–Crippen MR) is 69.1 cm³/mol. The molecule has 1 aromatic carbocycles. The SMILES string of the molecule is COC1(CCc2ccc(CC(C)O)cc2)CC1. The van der Waals surface area contributed by atoms with Gasteiger partial charge in [-0.25, -0.2) is 0 Å². The molecule has 0 bridgehead atoms. The molecule has 0 aromatic heterocycles. The number of ether oxygens (including phenoxy) is 1. The third-order valence-electron chi connectivity index (χ3n) is 3.66. The van der Waals surface area contributed by atoms with Gasteiger partial charge in [-0.2, -0.15) is 0 Å². The highest BCUT2D eigenvalue weighted by Gasteiger charge is 2.42. The Bertz CT molecular complexity index is 350. The molecule has 2 nitrogen and oxygen atoms in total. The van der Waals surface area contributed by atoms with Gasteiger partial charge in [0, 0.05) is 7.11 Å². The Labute approximate surface area is 104 Å². The van der Waals surface area contributed by atoms with E-state index in [1.807, 2.05) is 14.0 Å². The lowest BCUT2D eigenvalue weighted by atomic mass is 10.0. The molecule has 2 rings (SSSR count). The summed E-state index contributed by atoms with van der Waals surface area (Å²) < 4.78 is 5.51. The number of aliphatic hydroxyl groups is 1. The second kappa shape index (κ2) is 5.19.